The van der Waals surface area contributed by atoms with Gasteiger partial charge in [0.1, 0.15) is 11.5 Å². The van der Waals surface area contributed by atoms with Gasteiger partial charge >= 0.3 is 0 Å². The van der Waals surface area contributed by atoms with Crippen LogP contribution in [-0.4, -0.2) is 6.71 Å². The summed E-state index contributed by atoms with van der Waals surface area (Å²) in [5.41, 5.74) is 24.6. The van der Waals surface area contributed by atoms with Gasteiger partial charge in [-0.15, -0.1) is 0 Å². The van der Waals surface area contributed by atoms with E-state index in [1.54, 1.807) is 0 Å². The summed E-state index contributed by atoms with van der Waals surface area (Å²) >= 11 is 0. The third-order valence-corrected chi connectivity index (χ3v) is 17.5. The van der Waals surface area contributed by atoms with Crippen LogP contribution in [0.3, 0.4) is 0 Å². The van der Waals surface area contributed by atoms with Crippen molar-refractivity contribution in [2.45, 2.75) is 112 Å². The monoisotopic (exact) mass is 1090 g/mol. The summed E-state index contributed by atoms with van der Waals surface area (Å²) in [7, 11) is 0. The molecule has 4 nitrogen and oxygen atoms in total. The van der Waals surface area contributed by atoms with Crippen molar-refractivity contribution in [2.75, 3.05) is 14.7 Å². The van der Waals surface area contributed by atoms with E-state index in [1.807, 2.05) is 0 Å². The summed E-state index contributed by atoms with van der Waals surface area (Å²) in [4.78, 5) is 7.62. The number of furan rings is 1. The molecule has 416 valence electrons. The zero-order valence-corrected chi connectivity index (χ0v) is 51.2. The van der Waals surface area contributed by atoms with Gasteiger partial charge in [0, 0.05) is 73.0 Å². The Morgan fingerprint density at radius 2 is 0.774 bits per heavy atom. The molecule has 0 radical (unpaired) electrons. The van der Waals surface area contributed by atoms with E-state index < -0.39 is 0 Å². The van der Waals surface area contributed by atoms with Gasteiger partial charge in [0.15, 0.2) is 0 Å². The van der Waals surface area contributed by atoms with E-state index in [4.69, 9.17) is 4.42 Å². The molecule has 0 bridgehead atoms. The molecule has 0 unspecified atom stereocenters. The van der Waals surface area contributed by atoms with Crippen molar-refractivity contribution in [1.82, 2.24) is 0 Å². The van der Waals surface area contributed by atoms with Crippen molar-refractivity contribution in [3.05, 3.63) is 252 Å². The molecule has 0 N–H and O–H groups in total. The first kappa shape index (κ1) is 54.5. The lowest BCUT2D eigenvalue weighted by Gasteiger charge is -2.45. The third-order valence-electron chi connectivity index (χ3n) is 17.5. The number of hydrogen-bond donors (Lipinski definition) is 0. The van der Waals surface area contributed by atoms with Gasteiger partial charge in [-0.3, -0.25) is 0 Å². The topological polar surface area (TPSA) is 22.9 Å². The largest absolute Gasteiger partial charge is 0.455 e. The number of fused-ring (bicyclic) bond motifs is 5. The summed E-state index contributed by atoms with van der Waals surface area (Å²) in [6.45, 7) is 29.7. The molecule has 13 rings (SSSR count). The van der Waals surface area contributed by atoms with E-state index in [0.29, 0.717) is 0 Å². The lowest BCUT2D eigenvalue weighted by molar-refractivity contribution is 0.590. The normalized spacial score (nSPS) is 13.2. The lowest BCUT2D eigenvalue weighted by Crippen LogP contribution is -2.61. The summed E-state index contributed by atoms with van der Waals surface area (Å²) in [6, 6.07) is 84.4. The Bertz CT molecular complexity index is 4270. The second-order valence-corrected chi connectivity index (χ2v) is 27.6. The molecule has 1 aromatic heterocycles. The van der Waals surface area contributed by atoms with Gasteiger partial charge in [-0.1, -0.05) is 229 Å². The zero-order valence-electron chi connectivity index (χ0n) is 51.2. The molecule has 2 aliphatic rings. The molecular weight excluding hydrogens is 1020 g/mol. The Morgan fingerprint density at radius 1 is 0.357 bits per heavy atom. The van der Waals surface area contributed by atoms with E-state index >= 15 is 0 Å². The first-order chi connectivity index (χ1) is 40.1. The number of rotatable bonds is 8. The maximum Gasteiger partial charge on any atom is 0.252 e. The van der Waals surface area contributed by atoms with Gasteiger partial charge in [-0.25, -0.2) is 0 Å². The summed E-state index contributed by atoms with van der Waals surface area (Å²) in [5.74, 6) is 1.74. The van der Waals surface area contributed by atoms with Crippen LogP contribution in [-0.2, 0) is 21.7 Å². The molecular formula is C79H76BN3O. The SMILES string of the molecule is Cc1cc2c3c(c1)N(c1ccc(C(C)(C)C)cc1)c1cc4c(-c5ccccc5)oc(-c5ccccc5)c4cc1B3c1ccc(N(c3ccc(C(C)(C)C)cc3)c3ccc(C(C)(C)C)cc3-c3ccccc3)cc1N2c1ccc(C(C)(C)C)cc1. The van der Waals surface area contributed by atoms with Crippen LogP contribution in [0, 0.1) is 6.92 Å². The maximum atomic E-state index is 7.22. The number of anilines is 9. The Balaban J connectivity index is 1.12. The highest BCUT2D eigenvalue weighted by Crippen LogP contribution is 2.51. The van der Waals surface area contributed by atoms with Crippen molar-refractivity contribution in [3.63, 3.8) is 0 Å². The fourth-order valence-electron chi connectivity index (χ4n) is 12.9. The molecule has 11 aromatic rings. The molecule has 0 aliphatic carbocycles. The van der Waals surface area contributed by atoms with Gasteiger partial charge in [-0.05, 0) is 157 Å². The van der Waals surface area contributed by atoms with Crippen LogP contribution in [0.15, 0.2) is 229 Å². The highest BCUT2D eigenvalue weighted by Gasteiger charge is 2.45. The van der Waals surface area contributed by atoms with Gasteiger partial charge in [0.05, 0.1) is 5.69 Å². The molecule has 0 atom stereocenters. The number of nitrogens with zero attached hydrogens (tertiary/aromatic N) is 3. The molecule has 0 saturated carbocycles. The molecule has 0 spiro atoms. The van der Waals surface area contributed by atoms with E-state index in [9.17, 15) is 0 Å². The molecule has 5 heteroatoms. The first-order valence-corrected chi connectivity index (χ1v) is 30.0. The van der Waals surface area contributed by atoms with Crippen molar-refractivity contribution in [1.29, 1.82) is 0 Å². The Kier molecular flexibility index (Phi) is 13.1. The lowest BCUT2D eigenvalue weighted by atomic mass is 9.33. The predicted octanol–water partition coefficient (Wildman–Crippen LogP) is 20.5. The molecule has 84 heavy (non-hydrogen) atoms. The van der Waals surface area contributed by atoms with Crippen molar-refractivity contribution >= 4 is 85.1 Å². The van der Waals surface area contributed by atoms with Crippen molar-refractivity contribution in [2.24, 2.45) is 0 Å². The Morgan fingerprint density at radius 3 is 1.25 bits per heavy atom. The van der Waals surface area contributed by atoms with Gasteiger partial charge in [0.25, 0.3) is 6.71 Å². The van der Waals surface area contributed by atoms with Gasteiger partial charge in [0.2, 0.25) is 0 Å². The highest BCUT2D eigenvalue weighted by atomic mass is 16.3. The fraction of sp³-hybridized carbons (Fsp3) is 0.215. The molecule has 0 fully saturated rings. The minimum Gasteiger partial charge on any atom is -0.455 e. The Hall–Kier alpha value is -8.80. The second-order valence-electron chi connectivity index (χ2n) is 27.6. The van der Waals surface area contributed by atoms with Crippen LogP contribution in [0.2, 0.25) is 0 Å². The minimum atomic E-state index is -0.154. The van der Waals surface area contributed by atoms with E-state index in [-0.39, 0.29) is 28.4 Å². The van der Waals surface area contributed by atoms with E-state index in [1.165, 1.54) is 66.7 Å². The second kappa shape index (κ2) is 20.2. The highest BCUT2D eigenvalue weighted by molar-refractivity contribution is 7.00. The molecule has 0 amide bonds. The summed E-state index contributed by atoms with van der Waals surface area (Å²) in [6.07, 6.45) is 0. The van der Waals surface area contributed by atoms with Crippen LogP contribution >= 0.6 is 0 Å². The standard InChI is InChI=1S/C79H76BN3O/c1-51-45-71-73-72(46-51)83(61-40-33-57(34-41-61)78(8,9)10)70-50-65-64(74(53-25-19-15-20-26-53)84-75(65)54-27-21-16-22-28-54)49-67(70)80(73)66-43-42-62(48-69(66)82(71)60-38-31-56(32-39-60)77(5,6)7)81(59-36-29-55(30-37-59)76(2,3)4)68-44-35-58(79(11,12)13)47-63(68)52-23-17-14-18-24-52/h14-50H,1-13H3. The molecule has 10 aromatic carbocycles. The third kappa shape index (κ3) is 9.62. The van der Waals surface area contributed by atoms with Crippen LogP contribution in [0.4, 0.5) is 51.2 Å². The van der Waals surface area contributed by atoms with E-state index in [2.05, 4.69) is 329 Å². The number of hydrogen-bond acceptors (Lipinski definition) is 4. The van der Waals surface area contributed by atoms with Crippen molar-refractivity contribution in [3.8, 4) is 33.8 Å². The first-order valence-electron chi connectivity index (χ1n) is 30.0. The predicted molar refractivity (Wildman–Crippen MR) is 361 cm³/mol. The van der Waals surface area contributed by atoms with Crippen LogP contribution in [0.5, 0.6) is 0 Å². The smallest absolute Gasteiger partial charge is 0.252 e. The van der Waals surface area contributed by atoms with Crippen LogP contribution in [0.25, 0.3) is 44.5 Å². The number of benzene rings is 10. The van der Waals surface area contributed by atoms with Gasteiger partial charge < -0.3 is 19.1 Å². The zero-order chi connectivity index (χ0) is 58.6. The summed E-state index contributed by atoms with van der Waals surface area (Å²) < 4.78 is 7.22. The van der Waals surface area contributed by atoms with E-state index in [0.717, 1.165) is 73.2 Å². The quantitative estimate of drug-likeness (QED) is 0.141. The molecule has 2 aliphatic heterocycles. The number of aryl methyl sites for hydroxylation is 1. The fourth-order valence-corrected chi connectivity index (χ4v) is 12.9. The summed E-state index contributed by atoms with van der Waals surface area (Å²) in [5, 5.41) is 2.17. The Labute approximate surface area is 499 Å². The molecule has 3 heterocycles. The van der Waals surface area contributed by atoms with Gasteiger partial charge in [-0.2, -0.15) is 0 Å². The average molecular weight is 1090 g/mol. The average Bonchev–Trinajstić information content (AvgIpc) is 0.992. The van der Waals surface area contributed by atoms with Crippen LogP contribution < -0.4 is 31.1 Å². The molecule has 0 saturated heterocycles. The van der Waals surface area contributed by atoms with Crippen LogP contribution in [0.1, 0.15) is 111 Å². The minimum absolute atomic E-state index is 0.0106. The van der Waals surface area contributed by atoms with Crippen molar-refractivity contribution < 1.29 is 4.42 Å². The maximum absolute atomic E-state index is 7.22.